The highest BCUT2D eigenvalue weighted by atomic mass is 79.9. The molecule has 0 radical (unpaired) electrons. The highest BCUT2D eigenvalue weighted by molar-refractivity contribution is 9.10. The lowest BCUT2D eigenvalue weighted by atomic mass is 9.80. The lowest BCUT2D eigenvalue weighted by Gasteiger charge is -2.33. The van der Waals surface area contributed by atoms with Crippen LogP contribution in [0.5, 0.6) is 0 Å². The molecule has 2 rings (SSSR count). The van der Waals surface area contributed by atoms with Crippen molar-refractivity contribution in [1.82, 2.24) is 5.32 Å². The van der Waals surface area contributed by atoms with E-state index < -0.39 is 6.10 Å². The van der Waals surface area contributed by atoms with Gasteiger partial charge in [0.25, 0.3) is 0 Å². The van der Waals surface area contributed by atoms with E-state index in [0.717, 1.165) is 16.0 Å². The molecule has 4 atom stereocenters. The van der Waals surface area contributed by atoms with Crippen molar-refractivity contribution in [2.24, 2.45) is 11.8 Å². The number of hydrogen-bond donors (Lipinski definition) is 2. The average Bonchev–Trinajstić information content (AvgIpc) is 2.37. The number of benzene rings is 1. The van der Waals surface area contributed by atoms with Gasteiger partial charge in [0, 0.05) is 17.1 Å². The zero-order chi connectivity index (χ0) is 13.8. The molecule has 0 bridgehead atoms. The summed E-state index contributed by atoms with van der Waals surface area (Å²) in [6.07, 6.45) is 3.40. The molecule has 0 spiro atoms. The first-order valence-electron chi connectivity index (χ1n) is 7.23. The van der Waals surface area contributed by atoms with Gasteiger partial charge in [0.05, 0.1) is 6.10 Å². The van der Waals surface area contributed by atoms with Crippen molar-refractivity contribution in [3.8, 4) is 0 Å². The van der Waals surface area contributed by atoms with Gasteiger partial charge in [-0.15, -0.1) is 0 Å². The largest absolute Gasteiger partial charge is 0.387 e. The zero-order valence-corrected chi connectivity index (χ0v) is 13.4. The van der Waals surface area contributed by atoms with Gasteiger partial charge in [-0.05, 0) is 48.8 Å². The SMILES string of the molecule is CC1CCC(NCC(O)c2cccc(Br)c2)C(C)C1. The molecule has 1 aliphatic rings. The van der Waals surface area contributed by atoms with E-state index in [1.807, 2.05) is 24.3 Å². The fraction of sp³-hybridized carbons (Fsp3) is 0.625. The molecule has 1 aromatic rings. The molecule has 4 unspecified atom stereocenters. The minimum atomic E-state index is -0.427. The molecule has 19 heavy (non-hydrogen) atoms. The highest BCUT2D eigenvalue weighted by Crippen LogP contribution is 2.29. The van der Waals surface area contributed by atoms with Crippen LogP contribution in [0.3, 0.4) is 0 Å². The Hall–Kier alpha value is -0.380. The normalized spacial score (nSPS) is 29.2. The molecule has 0 heterocycles. The minimum absolute atomic E-state index is 0.427. The number of halogens is 1. The van der Waals surface area contributed by atoms with Crippen LogP contribution in [0.15, 0.2) is 28.7 Å². The standard InChI is InChI=1S/C16H24BrNO/c1-11-6-7-15(12(2)8-11)18-10-16(19)13-4-3-5-14(17)9-13/h3-5,9,11-12,15-16,18-19H,6-8,10H2,1-2H3. The molecule has 0 aliphatic heterocycles. The van der Waals surface area contributed by atoms with Gasteiger partial charge in [-0.25, -0.2) is 0 Å². The Morgan fingerprint density at radius 2 is 2.16 bits per heavy atom. The Balaban J connectivity index is 1.85. The van der Waals surface area contributed by atoms with Gasteiger partial charge in [-0.1, -0.05) is 41.9 Å². The number of aliphatic hydroxyl groups is 1. The van der Waals surface area contributed by atoms with E-state index >= 15 is 0 Å². The van der Waals surface area contributed by atoms with Gasteiger partial charge in [0.2, 0.25) is 0 Å². The second-order valence-corrected chi connectivity index (χ2v) is 6.90. The molecular weight excluding hydrogens is 302 g/mol. The molecule has 1 aromatic carbocycles. The van der Waals surface area contributed by atoms with Crippen molar-refractivity contribution in [2.45, 2.75) is 45.3 Å². The third-order valence-electron chi connectivity index (χ3n) is 4.24. The number of hydrogen-bond acceptors (Lipinski definition) is 2. The van der Waals surface area contributed by atoms with E-state index in [1.165, 1.54) is 19.3 Å². The maximum Gasteiger partial charge on any atom is 0.0914 e. The summed E-state index contributed by atoms with van der Waals surface area (Å²) < 4.78 is 1.02. The van der Waals surface area contributed by atoms with Crippen molar-refractivity contribution in [1.29, 1.82) is 0 Å². The summed E-state index contributed by atoms with van der Waals surface area (Å²) in [5, 5.41) is 13.8. The van der Waals surface area contributed by atoms with Crippen LogP contribution in [-0.2, 0) is 0 Å². The first kappa shape index (κ1) is 15.0. The smallest absolute Gasteiger partial charge is 0.0914 e. The van der Waals surface area contributed by atoms with Crippen molar-refractivity contribution < 1.29 is 5.11 Å². The summed E-state index contributed by atoms with van der Waals surface area (Å²) in [7, 11) is 0. The fourth-order valence-electron chi connectivity index (χ4n) is 3.06. The zero-order valence-electron chi connectivity index (χ0n) is 11.8. The summed E-state index contributed by atoms with van der Waals surface area (Å²) in [4.78, 5) is 0. The van der Waals surface area contributed by atoms with Crippen LogP contribution in [0.2, 0.25) is 0 Å². The van der Waals surface area contributed by atoms with Gasteiger partial charge in [-0.2, -0.15) is 0 Å². The maximum absolute atomic E-state index is 10.2. The van der Waals surface area contributed by atoms with Gasteiger partial charge in [0.15, 0.2) is 0 Å². The summed E-state index contributed by atoms with van der Waals surface area (Å²) in [5.41, 5.74) is 0.971. The Kier molecular flexibility index (Phi) is 5.43. The average molecular weight is 326 g/mol. The Morgan fingerprint density at radius 1 is 1.37 bits per heavy atom. The minimum Gasteiger partial charge on any atom is -0.387 e. The molecule has 106 valence electrons. The number of rotatable bonds is 4. The van der Waals surface area contributed by atoms with E-state index in [1.54, 1.807) is 0 Å². The fourth-order valence-corrected chi connectivity index (χ4v) is 3.48. The van der Waals surface area contributed by atoms with Gasteiger partial charge in [0.1, 0.15) is 0 Å². The molecule has 2 nitrogen and oxygen atoms in total. The van der Waals surface area contributed by atoms with Crippen LogP contribution >= 0.6 is 15.9 Å². The lowest BCUT2D eigenvalue weighted by Crippen LogP contribution is -2.40. The van der Waals surface area contributed by atoms with Gasteiger partial charge < -0.3 is 10.4 Å². The van der Waals surface area contributed by atoms with Gasteiger partial charge in [-0.3, -0.25) is 0 Å². The number of nitrogens with one attached hydrogen (secondary N) is 1. The number of aliphatic hydroxyl groups excluding tert-OH is 1. The van der Waals surface area contributed by atoms with Crippen molar-refractivity contribution >= 4 is 15.9 Å². The topological polar surface area (TPSA) is 32.3 Å². The highest BCUT2D eigenvalue weighted by Gasteiger charge is 2.25. The Bertz CT molecular complexity index is 409. The monoisotopic (exact) mass is 325 g/mol. The van der Waals surface area contributed by atoms with E-state index in [4.69, 9.17) is 0 Å². The third-order valence-corrected chi connectivity index (χ3v) is 4.73. The van der Waals surface area contributed by atoms with Crippen LogP contribution < -0.4 is 5.32 Å². The lowest BCUT2D eigenvalue weighted by molar-refractivity contribution is 0.150. The molecule has 1 aliphatic carbocycles. The second kappa shape index (κ2) is 6.87. The molecule has 0 amide bonds. The first-order valence-corrected chi connectivity index (χ1v) is 8.02. The van der Waals surface area contributed by atoms with E-state index in [0.29, 0.717) is 18.5 Å². The molecule has 1 saturated carbocycles. The van der Waals surface area contributed by atoms with Crippen LogP contribution in [0.4, 0.5) is 0 Å². The van der Waals surface area contributed by atoms with Crippen LogP contribution in [-0.4, -0.2) is 17.7 Å². The summed E-state index contributed by atoms with van der Waals surface area (Å²) in [6, 6.07) is 8.46. The van der Waals surface area contributed by atoms with E-state index in [9.17, 15) is 5.11 Å². The summed E-state index contributed by atoms with van der Waals surface area (Å²) in [5.74, 6) is 1.56. The predicted molar refractivity (Wildman–Crippen MR) is 83.1 cm³/mol. The molecule has 2 N–H and O–H groups in total. The molecular formula is C16H24BrNO. The third kappa shape index (κ3) is 4.30. The molecule has 3 heteroatoms. The second-order valence-electron chi connectivity index (χ2n) is 5.98. The maximum atomic E-state index is 10.2. The van der Waals surface area contributed by atoms with Crippen LogP contribution in [0.25, 0.3) is 0 Å². The first-order chi connectivity index (χ1) is 9.06. The van der Waals surface area contributed by atoms with Crippen LogP contribution in [0, 0.1) is 11.8 Å². The summed E-state index contributed by atoms with van der Waals surface area (Å²) in [6.45, 7) is 5.29. The van der Waals surface area contributed by atoms with Crippen LogP contribution in [0.1, 0.15) is 44.8 Å². The quantitative estimate of drug-likeness (QED) is 0.880. The van der Waals surface area contributed by atoms with E-state index in [2.05, 4.69) is 35.1 Å². The molecule has 0 saturated heterocycles. The van der Waals surface area contributed by atoms with Crippen molar-refractivity contribution in [2.75, 3.05) is 6.54 Å². The Labute approximate surface area is 124 Å². The Morgan fingerprint density at radius 3 is 2.84 bits per heavy atom. The summed E-state index contributed by atoms with van der Waals surface area (Å²) >= 11 is 3.44. The molecule has 1 fully saturated rings. The van der Waals surface area contributed by atoms with Crippen molar-refractivity contribution in [3.63, 3.8) is 0 Å². The van der Waals surface area contributed by atoms with E-state index in [-0.39, 0.29) is 0 Å². The predicted octanol–water partition coefficient (Wildman–Crippen LogP) is 3.90. The van der Waals surface area contributed by atoms with Crippen molar-refractivity contribution in [3.05, 3.63) is 34.3 Å². The molecule has 0 aromatic heterocycles. The van der Waals surface area contributed by atoms with Gasteiger partial charge >= 0.3 is 0 Å².